The average molecular weight is 335 g/mol. The number of hydrogen-bond acceptors (Lipinski definition) is 2. The lowest BCUT2D eigenvalue weighted by Gasteiger charge is -2.10. The molecule has 0 saturated carbocycles. The predicted octanol–water partition coefficient (Wildman–Crippen LogP) is 3.49. The second-order valence-corrected chi connectivity index (χ2v) is 5.49. The summed E-state index contributed by atoms with van der Waals surface area (Å²) in [6.07, 6.45) is -0.764. The van der Waals surface area contributed by atoms with Crippen LogP contribution in [0.25, 0.3) is 11.1 Å². The van der Waals surface area contributed by atoms with E-state index in [1.165, 1.54) is 0 Å². The molecular formula is C16H15BrO3. The maximum absolute atomic E-state index is 10.5. The fourth-order valence-corrected chi connectivity index (χ4v) is 2.74. The minimum absolute atomic E-state index is 0.238. The van der Waals surface area contributed by atoms with Gasteiger partial charge in [0.05, 0.1) is 12.5 Å². The second-order valence-electron chi connectivity index (χ2n) is 4.64. The van der Waals surface area contributed by atoms with Crippen molar-refractivity contribution >= 4 is 21.9 Å². The lowest BCUT2D eigenvalue weighted by molar-refractivity contribution is -0.139. The van der Waals surface area contributed by atoms with E-state index in [1.807, 2.05) is 48.5 Å². The Morgan fingerprint density at radius 3 is 2.45 bits per heavy atom. The zero-order valence-corrected chi connectivity index (χ0v) is 12.4. The van der Waals surface area contributed by atoms with Gasteiger partial charge in [-0.1, -0.05) is 58.4 Å². The van der Waals surface area contributed by atoms with Crippen molar-refractivity contribution in [3.63, 3.8) is 0 Å². The molecule has 2 aromatic carbocycles. The maximum atomic E-state index is 10.5. The number of aliphatic hydroxyl groups is 1. The van der Waals surface area contributed by atoms with E-state index in [1.54, 1.807) is 0 Å². The number of aliphatic carboxylic acids is 1. The summed E-state index contributed by atoms with van der Waals surface area (Å²) in [5.74, 6) is -0.988. The van der Waals surface area contributed by atoms with Crippen LogP contribution in [0.2, 0.25) is 0 Å². The topological polar surface area (TPSA) is 57.5 Å². The van der Waals surface area contributed by atoms with Gasteiger partial charge in [0.15, 0.2) is 0 Å². The molecule has 0 aliphatic rings. The molecule has 0 aromatic heterocycles. The Hall–Kier alpha value is -1.65. The van der Waals surface area contributed by atoms with Gasteiger partial charge < -0.3 is 10.2 Å². The van der Waals surface area contributed by atoms with Crippen LogP contribution < -0.4 is 0 Å². The molecule has 1 unspecified atom stereocenters. The number of hydrogen-bond donors (Lipinski definition) is 2. The number of carbonyl (C=O) groups is 1. The summed E-state index contributed by atoms with van der Waals surface area (Å²) >= 11 is 3.53. The molecule has 0 fully saturated rings. The van der Waals surface area contributed by atoms with Gasteiger partial charge in [-0.05, 0) is 29.2 Å². The molecule has 0 saturated heterocycles. The number of benzene rings is 2. The van der Waals surface area contributed by atoms with Crippen LogP contribution in [0.15, 0.2) is 53.0 Å². The van der Waals surface area contributed by atoms with Gasteiger partial charge in [0.2, 0.25) is 0 Å². The van der Waals surface area contributed by atoms with Crippen molar-refractivity contribution in [2.75, 3.05) is 0 Å². The van der Waals surface area contributed by atoms with E-state index in [4.69, 9.17) is 5.11 Å². The highest BCUT2D eigenvalue weighted by atomic mass is 79.9. The monoisotopic (exact) mass is 334 g/mol. The van der Waals surface area contributed by atoms with E-state index in [9.17, 15) is 9.90 Å². The summed E-state index contributed by atoms with van der Waals surface area (Å²) in [4.78, 5) is 10.5. The van der Waals surface area contributed by atoms with Crippen LogP contribution in [0.1, 0.15) is 12.0 Å². The van der Waals surface area contributed by atoms with Crippen LogP contribution >= 0.6 is 15.9 Å². The van der Waals surface area contributed by atoms with E-state index in [-0.39, 0.29) is 6.42 Å². The lowest BCUT2D eigenvalue weighted by Crippen LogP contribution is -2.15. The Balaban J connectivity index is 2.16. The van der Waals surface area contributed by atoms with Crippen molar-refractivity contribution in [1.29, 1.82) is 0 Å². The molecule has 0 spiro atoms. The normalized spacial score (nSPS) is 12.1. The van der Waals surface area contributed by atoms with E-state index in [0.717, 1.165) is 21.2 Å². The molecule has 0 aliphatic carbocycles. The molecule has 4 heteroatoms. The standard InChI is InChI=1S/C16H15BrO3/c17-15-9-11(8-13(18)10-16(19)20)6-7-14(15)12-4-2-1-3-5-12/h1-7,9,13,18H,8,10H2,(H,19,20). The van der Waals surface area contributed by atoms with Crippen LogP contribution in [-0.2, 0) is 11.2 Å². The third-order valence-corrected chi connectivity index (χ3v) is 3.66. The maximum Gasteiger partial charge on any atom is 0.305 e. The number of halogens is 1. The van der Waals surface area contributed by atoms with Gasteiger partial charge in [0.1, 0.15) is 0 Å². The molecule has 1 atom stereocenters. The van der Waals surface area contributed by atoms with Crippen molar-refractivity contribution < 1.29 is 15.0 Å². The Kier molecular flexibility index (Phi) is 4.93. The molecule has 0 heterocycles. The van der Waals surface area contributed by atoms with Gasteiger partial charge in [-0.15, -0.1) is 0 Å². The van der Waals surface area contributed by atoms with Crippen molar-refractivity contribution in [1.82, 2.24) is 0 Å². The first kappa shape index (κ1) is 14.8. The van der Waals surface area contributed by atoms with E-state index in [2.05, 4.69) is 15.9 Å². The molecule has 0 amide bonds. The van der Waals surface area contributed by atoms with Gasteiger partial charge >= 0.3 is 5.97 Å². The van der Waals surface area contributed by atoms with Gasteiger partial charge in [-0.3, -0.25) is 4.79 Å². The zero-order chi connectivity index (χ0) is 14.5. The minimum atomic E-state index is -0.988. The lowest BCUT2D eigenvalue weighted by atomic mass is 10.0. The van der Waals surface area contributed by atoms with E-state index >= 15 is 0 Å². The first-order valence-electron chi connectivity index (χ1n) is 6.30. The number of aliphatic hydroxyl groups excluding tert-OH is 1. The van der Waals surface area contributed by atoms with Gasteiger partial charge in [-0.2, -0.15) is 0 Å². The van der Waals surface area contributed by atoms with Gasteiger partial charge in [-0.25, -0.2) is 0 Å². The molecule has 0 aliphatic heterocycles. The third-order valence-electron chi connectivity index (χ3n) is 3.00. The molecule has 20 heavy (non-hydrogen) atoms. The third kappa shape index (κ3) is 3.92. The summed E-state index contributed by atoms with van der Waals surface area (Å²) in [7, 11) is 0. The Labute approximate surface area is 126 Å². The first-order chi connectivity index (χ1) is 9.56. The summed E-state index contributed by atoms with van der Waals surface area (Å²) in [5.41, 5.74) is 3.09. The van der Waals surface area contributed by atoms with Crippen molar-refractivity contribution in [3.05, 3.63) is 58.6 Å². The Morgan fingerprint density at radius 2 is 1.85 bits per heavy atom. The predicted molar refractivity (Wildman–Crippen MR) is 81.5 cm³/mol. The SMILES string of the molecule is O=C(O)CC(O)Cc1ccc(-c2ccccc2)c(Br)c1. The van der Waals surface area contributed by atoms with E-state index < -0.39 is 12.1 Å². The second kappa shape index (κ2) is 6.68. The smallest absolute Gasteiger partial charge is 0.305 e. The van der Waals surface area contributed by atoms with Crippen molar-refractivity contribution in [2.45, 2.75) is 18.9 Å². The minimum Gasteiger partial charge on any atom is -0.481 e. The summed E-state index contributed by atoms with van der Waals surface area (Å²) in [6, 6.07) is 15.8. The Morgan fingerprint density at radius 1 is 1.15 bits per heavy atom. The van der Waals surface area contributed by atoms with Crippen molar-refractivity contribution in [2.24, 2.45) is 0 Å². The number of rotatable bonds is 5. The first-order valence-corrected chi connectivity index (χ1v) is 7.09. The fraction of sp³-hybridized carbons (Fsp3) is 0.188. The largest absolute Gasteiger partial charge is 0.481 e. The Bertz CT molecular complexity index is 596. The quantitative estimate of drug-likeness (QED) is 0.879. The summed E-state index contributed by atoms with van der Waals surface area (Å²) in [6.45, 7) is 0. The molecule has 104 valence electrons. The molecule has 2 rings (SSSR count). The van der Waals surface area contributed by atoms with Crippen LogP contribution in [0.3, 0.4) is 0 Å². The van der Waals surface area contributed by atoms with Crippen LogP contribution in [0, 0.1) is 0 Å². The highest BCUT2D eigenvalue weighted by Crippen LogP contribution is 2.29. The van der Waals surface area contributed by atoms with E-state index in [0.29, 0.717) is 6.42 Å². The summed E-state index contributed by atoms with van der Waals surface area (Å²) < 4.78 is 0.934. The van der Waals surface area contributed by atoms with Crippen LogP contribution in [-0.4, -0.2) is 22.3 Å². The van der Waals surface area contributed by atoms with Gasteiger partial charge in [0.25, 0.3) is 0 Å². The molecule has 2 aromatic rings. The molecule has 0 bridgehead atoms. The zero-order valence-electron chi connectivity index (χ0n) is 10.8. The number of carboxylic acids is 1. The molecule has 2 N–H and O–H groups in total. The molecule has 3 nitrogen and oxygen atoms in total. The molecular weight excluding hydrogens is 320 g/mol. The summed E-state index contributed by atoms with van der Waals surface area (Å²) in [5, 5.41) is 18.3. The van der Waals surface area contributed by atoms with Crippen molar-refractivity contribution in [3.8, 4) is 11.1 Å². The van der Waals surface area contributed by atoms with Gasteiger partial charge in [0, 0.05) is 4.47 Å². The fourth-order valence-electron chi connectivity index (χ4n) is 2.08. The average Bonchev–Trinajstić information content (AvgIpc) is 2.38. The highest BCUT2D eigenvalue weighted by molar-refractivity contribution is 9.10. The highest BCUT2D eigenvalue weighted by Gasteiger charge is 2.11. The van der Waals surface area contributed by atoms with Crippen LogP contribution in [0.5, 0.6) is 0 Å². The van der Waals surface area contributed by atoms with Crippen LogP contribution in [0.4, 0.5) is 0 Å². The number of carboxylic acid groups (broad SMARTS) is 1. The molecule has 0 radical (unpaired) electrons.